The van der Waals surface area contributed by atoms with Gasteiger partial charge in [0, 0.05) is 5.56 Å². The number of carbonyl (C=O) groups excluding carboxylic acids is 2. The summed E-state index contributed by atoms with van der Waals surface area (Å²) in [7, 11) is 0. The number of hydrogen-bond donors (Lipinski definition) is 0. The van der Waals surface area contributed by atoms with Crippen molar-refractivity contribution < 1.29 is 14.0 Å². The first-order chi connectivity index (χ1) is 10.8. The van der Waals surface area contributed by atoms with Crippen LogP contribution in [0.2, 0.25) is 0 Å². The van der Waals surface area contributed by atoms with Crippen LogP contribution in [0.1, 0.15) is 25.7 Å². The van der Waals surface area contributed by atoms with Crippen molar-refractivity contribution in [1.29, 1.82) is 0 Å². The van der Waals surface area contributed by atoms with Crippen molar-refractivity contribution in [3.63, 3.8) is 0 Å². The van der Waals surface area contributed by atoms with E-state index < -0.39 is 0 Å². The lowest BCUT2D eigenvalue weighted by Gasteiger charge is -2.19. The fourth-order valence-corrected chi connectivity index (χ4v) is 3.63. The Balaban J connectivity index is 1.64. The minimum Gasteiger partial charge on any atom is -0.464 e. The monoisotopic (exact) mass is 295 g/mol. The molecule has 1 saturated heterocycles. The zero-order valence-electron chi connectivity index (χ0n) is 12.2. The Morgan fingerprint density at radius 3 is 2.09 bits per heavy atom. The van der Waals surface area contributed by atoms with Crippen LogP contribution >= 0.6 is 0 Å². The number of benzene rings is 1. The van der Waals surface area contributed by atoms with Crippen LogP contribution in [0, 0.1) is 11.8 Å². The Morgan fingerprint density at radius 2 is 1.55 bits per heavy atom. The highest BCUT2D eigenvalue weighted by Crippen LogP contribution is 2.40. The van der Waals surface area contributed by atoms with Crippen LogP contribution in [0.5, 0.6) is 0 Å². The summed E-state index contributed by atoms with van der Waals surface area (Å²) in [6, 6.07) is 11.1. The highest BCUT2D eigenvalue weighted by molar-refractivity contribution is 6.22. The van der Waals surface area contributed by atoms with Crippen molar-refractivity contribution in [2.45, 2.75) is 25.7 Å². The Hall–Kier alpha value is -2.36. The van der Waals surface area contributed by atoms with Crippen LogP contribution in [-0.4, -0.2) is 11.8 Å². The predicted molar refractivity (Wildman–Crippen MR) is 82.1 cm³/mol. The Morgan fingerprint density at radius 1 is 0.909 bits per heavy atom. The van der Waals surface area contributed by atoms with Crippen LogP contribution in [0.4, 0.5) is 5.69 Å². The van der Waals surface area contributed by atoms with Gasteiger partial charge in [-0.05, 0) is 49.2 Å². The minimum atomic E-state index is -0.106. The number of amides is 2. The van der Waals surface area contributed by atoms with Crippen molar-refractivity contribution >= 4 is 17.5 Å². The van der Waals surface area contributed by atoms with E-state index >= 15 is 0 Å². The third-order valence-electron chi connectivity index (χ3n) is 4.77. The number of hydrogen-bond acceptors (Lipinski definition) is 3. The van der Waals surface area contributed by atoms with Crippen molar-refractivity contribution in [1.82, 2.24) is 0 Å². The molecule has 0 bridgehead atoms. The standard InChI is InChI=1S/C18H17NO3/c20-17-14-4-1-2-5-15(14)18(21)19(17)13-9-7-12(8-10-13)16-6-3-11-22-16/h3,6-11,14-15H,1-2,4-5H2. The third kappa shape index (κ3) is 1.98. The molecule has 22 heavy (non-hydrogen) atoms. The molecule has 2 atom stereocenters. The summed E-state index contributed by atoms with van der Waals surface area (Å²) >= 11 is 0. The molecule has 1 aromatic carbocycles. The number of furan rings is 1. The van der Waals surface area contributed by atoms with Gasteiger partial charge in [-0.15, -0.1) is 0 Å². The average Bonchev–Trinajstić information content (AvgIpc) is 3.17. The van der Waals surface area contributed by atoms with Gasteiger partial charge >= 0.3 is 0 Å². The Kier molecular flexibility index (Phi) is 3.10. The van der Waals surface area contributed by atoms with Gasteiger partial charge in [-0.1, -0.05) is 12.8 Å². The second-order valence-corrected chi connectivity index (χ2v) is 6.03. The molecule has 2 heterocycles. The van der Waals surface area contributed by atoms with Crippen molar-refractivity contribution in [3.05, 3.63) is 42.7 Å². The molecule has 2 fully saturated rings. The summed E-state index contributed by atoms with van der Waals surface area (Å²) in [5.74, 6) is 0.511. The van der Waals surface area contributed by atoms with Crippen LogP contribution in [0.25, 0.3) is 11.3 Å². The molecule has 2 amide bonds. The smallest absolute Gasteiger partial charge is 0.237 e. The van der Waals surface area contributed by atoms with Crippen LogP contribution in [-0.2, 0) is 9.59 Å². The lowest BCUT2D eigenvalue weighted by Crippen LogP contribution is -2.30. The van der Waals surface area contributed by atoms with E-state index in [0.29, 0.717) is 5.69 Å². The van der Waals surface area contributed by atoms with Gasteiger partial charge in [-0.3, -0.25) is 14.5 Å². The molecule has 0 N–H and O–H groups in total. The maximum Gasteiger partial charge on any atom is 0.237 e. The molecule has 112 valence electrons. The van der Waals surface area contributed by atoms with Crippen molar-refractivity contribution in [2.24, 2.45) is 11.8 Å². The van der Waals surface area contributed by atoms with E-state index in [-0.39, 0.29) is 23.7 Å². The summed E-state index contributed by atoms with van der Waals surface area (Å²) in [6.45, 7) is 0. The number of rotatable bonds is 2. The maximum atomic E-state index is 12.6. The summed E-state index contributed by atoms with van der Waals surface area (Å²) in [4.78, 5) is 26.5. The molecule has 1 aliphatic carbocycles. The number of fused-ring (bicyclic) bond motifs is 1. The van der Waals surface area contributed by atoms with Gasteiger partial charge in [0.25, 0.3) is 0 Å². The fraction of sp³-hybridized carbons (Fsp3) is 0.333. The lowest BCUT2D eigenvalue weighted by atomic mass is 9.81. The molecule has 4 heteroatoms. The maximum absolute atomic E-state index is 12.6. The molecule has 1 saturated carbocycles. The topological polar surface area (TPSA) is 50.5 Å². The van der Waals surface area contributed by atoms with Gasteiger partial charge < -0.3 is 4.42 Å². The predicted octanol–water partition coefficient (Wildman–Crippen LogP) is 3.63. The second-order valence-electron chi connectivity index (χ2n) is 6.03. The zero-order valence-corrected chi connectivity index (χ0v) is 12.2. The van der Waals surface area contributed by atoms with Crippen molar-refractivity contribution in [3.8, 4) is 11.3 Å². The minimum absolute atomic E-state index is 0.0274. The van der Waals surface area contributed by atoms with Gasteiger partial charge in [-0.2, -0.15) is 0 Å². The average molecular weight is 295 g/mol. The SMILES string of the molecule is O=C1C2CCCCC2C(=O)N1c1ccc(-c2ccco2)cc1. The van der Waals surface area contributed by atoms with E-state index in [1.807, 2.05) is 36.4 Å². The number of nitrogens with zero attached hydrogens (tertiary/aromatic N) is 1. The second kappa shape index (κ2) is 5.13. The molecule has 2 unspecified atom stereocenters. The van der Waals surface area contributed by atoms with Gasteiger partial charge in [0.15, 0.2) is 0 Å². The first kappa shape index (κ1) is 13.3. The molecular weight excluding hydrogens is 278 g/mol. The highest BCUT2D eigenvalue weighted by atomic mass is 16.3. The highest BCUT2D eigenvalue weighted by Gasteiger charge is 2.48. The van der Waals surface area contributed by atoms with Gasteiger partial charge in [0.05, 0.1) is 23.8 Å². The quantitative estimate of drug-likeness (QED) is 0.795. The lowest BCUT2D eigenvalue weighted by molar-refractivity contribution is -0.122. The normalized spacial score (nSPS) is 24.6. The number of anilines is 1. The molecule has 0 spiro atoms. The van der Waals surface area contributed by atoms with Crippen molar-refractivity contribution in [2.75, 3.05) is 4.90 Å². The Bertz CT molecular complexity index is 678. The van der Waals surface area contributed by atoms with E-state index in [4.69, 9.17) is 4.42 Å². The number of imide groups is 1. The van der Waals surface area contributed by atoms with E-state index in [2.05, 4.69) is 0 Å². The van der Waals surface area contributed by atoms with Gasteiger partial charge in [0.2, 0.25) is 11.8 Å². The van der Waals surface area contributed by atoms with E-state index in [0.717, 1.165) is 37.0 Å². The summed E-state index contributed by atoms with van der Waals surface area (Å²) in [6.07, 6.45) is 5.41. The van der Waals surface area contributed by atoms with E-state index in [9.17, 15) is 9.59 Å². The number of carbonyl (C=O) groups is 2. The zero-order chi connectivity index (χ0) is 15.1. The molecule has 4 nitrogen and oxygen atoms in total. The summed E-state index contributed by atoms with van der Waals surface area (Å²) in [5.41, 5.74) is 1.60. The largest absolute Gasteiger partial charge is 0.464 e. The van der Waals surface area contributed by atoms with Crippen LogP contribution < -0.4 is 4.90 Å². The van der Waals surface area contributed by atoms with E-state index in [1.54, 1.807) is 6.26 Å². The van der Waals surface area contributed by atoms with Crippen LogP contribution in [0.15, 0.2) is 47.1 Å². The fourth-order valence-electron chi connectivity index (χ4n) is 3.63. The van der Waals surface area contributed by atoms with Gasteiger partial charge in [-0.25, -0.2) is 0 Å². The summed E-state index contributed by atoms with van der Waals surface area (Å²) < 4.78 is 5.36. The van der Waals surface area contributed by atoms with Crippen LogP contribution in [0.3, 0.4) is 0 Å². The molecule has 1 aromatic heterocycles. The van der Waals surface area contributed by atoms with E-state index in [1.165, 1.54) is 4.90 Å². The van der Waals surface area contributed by atoms with Gasteiger partial charge in [0.1, 0.15) is 5.76 Å². The molecule has 2 aromatic rings. The Labute approximate surface area is 128 Å². The molecule has 1 aliphatic heterocycles. The molecule has 0 radical (unpaired) electrons. The third-order valence-corrected chi connectivity index (χ3v) is 4.77. The first-order valence-electron chi connectivity index (χ1n) is 7.77. The molecular formula is C18H17NO3. The molecule has 2 aliphatic rings. The summed E-state index contributed by atoms with van der Waals surface area (Å²) in [5, 5.41) is 0. The molecule has 4 rings (SSSR count). The first-order valence-corrected chi connectivity index (χ1v) is 7.77.